The highest BCUT2D eigenvalue weighted by Crippen LogP contribution is 2.36. The molecule has 2 aliphatic rings. The Morgan fingerprint density at radius 2 is 1.92 bits per heavy atom. The van der Waals surface area contributed by atoms with Gasteiger partial charge in [0.05, 0.1) is 0 Å². The minimum absolute atomic E-state index is 0.0840. The molecule has 124 valence electrons. The minimum atomic E-state index is 0.0840. The lowest BCUT2D eigenvalue weighted by Gasteiger charge is -2.18. The molecule has 4 rings (SSSR count). The van der Waals surface area contributed by atoms with Crippen LogP contribution in [0.3, 0.4) is 0 Å². The van der Waals surface area contributed by atoms with E-state index in [0.717, 1.165) is 31.7 Å². The SMILES string of the molecule is Cc1ccc(CN2CC3CNC(=O)c4ccccc4C3C2)cc1C. The van der Waals surface area contributed by atoms with Gasteiger partial charge in [-0.05, 0) is 48.1 Å². The summed E-state index contributed by atoms with van der Waals surface area (Å²) in [5.41, 5.74) is 6.17. The third-order valence-electron chi connectivity index (χ3n) is 5.62. The van der Waals surface area contributed by atoms with E-state index in [-0.39, 0.29) is 5.91 Å². The Balaban J connectivity index is 1.56. The van der Waals surface area contributed by atoms with Crippen molar-refractivity contribution in [2.75, 3.05) is 19.6 Å². The fourth-order valence-corrected chi connectivity index (χ4v) is 4.16. The zero-order valence-corrected chi connectivity index (χ0v) is 14.4. The van der Waals surface area contributed by atoms with Gasteiger partial charge in [0.2, 0.25) is 0 Å². The van der Waals surface area contributed by atoms with Crippen LogP contribution in [0.1, 0.15) is 38.5 Å². The first-order valence-electron chi connectivity index (χ1n) is 8.77. The van der Waals surface area contributed by atoms with Crippen LogP contribution in [0.5, 0.6) is 0 Å². The Morgan fingerprint density at radius 3 is 2.75 bits per heavy atom. The molecule has 0 saturated carbocycles. The first-order chi connectivity index (χ1) is 11.6. The maximum absolute atomic E-state index is 12.3. The Hall–Kier alpha value is -2.13. The molecule has 2 aromatic rings. The summed E-state index contributed by atoms with van der Waals surface area (Å²) in [7, 11) is 0. The van der Waals surface area contributed by atoms with Gasteiger partial charge in [0, 0.05) is 37.7 Å². The second-order valence-corrected chi connectivity index (χ2v) is 7.28. The van der Waals surface area contributed by atoms with E-state index in [0.29, 0.717) is 11.8 Å². The normalized spacial score (nSPS) is 23.3. The lowest BCUT2D eigenvalue weighted by Crippen LogP contribution is -2.29. The third-order valence-corrected chi connectivity index (χ3v) is 5.62. The van der Waals surface area contributed by atoms with Gasteiger partial charge in [-0.25, -0.2) is 0 Å². The van der Waals surface area contributed by atoms with Gasteiger partial charge < -0.3 is 5.32 Å². The minimum Gasteiger partial charge on any atom is -0.352 e. The number of carbonyl (C=O) groups excluding carboxylic acids is 1. The molecule has 1 amide bonds. The van der Waals surface area contributed by atoms with Crippen LogP contribution in [-0.4, -0.2) is 30.4 Å². The standard InChI is InChI=1S/C21H24N2O/c1-14-7-8-16(9-15(14)2)11-23-12-17-10-22-21(24)19-6-4-3-5-18(19)20(17)13-23/h3-9,17,20H,10-13H2,1-2H3,(H,22,24). The van der Waals surface area contributed by atoms with Crippen LogP contribution in [0.15, 0.2) is 42.5 Å². The molecular weight excluding hydrogens is 296 g/mol. The van der Waals surface area contributed by atoms with Gasteiger partial charge in [-0.3, -0.25) is 9.69 Å². The Bertz CT molecular complexity index is 783. The van der Waals surface area contributed by atoms with Gasteiger partial charge in [0.15, 0.2) is 0 Å². The number of benzene rings is 2. The van der Waals surface area contributed by atoms with Crippen molar-refractivity contribution in [2.24, 2.45) is 5.92 Å². The van der Waals surface area contributed by atoms with E-state index in [2.05, 4.69) is 54.4 Å². The van der Waals surface area contributed by atoms with Gasteiger partial charge in [-0.15, -0.1) is 0 Å². The summed E-state index contributed by atoms with van der Waals surface area (Å²) < 4.78 is 0. The van der Waals surface area contributed by atoms with Crippen LogP contribution in [0, 0.1) is 19.8 Å². The molecule has 0 bridgehead atoms. The lowest BCUT2D eigenvalue weighted by molar-refractivity contribution is 0.0951. The molecule has 1 fully saturated rings. The summed E-state index contributed by atoms with van der Waals surface area (Å²) in [5, 5.41) is 3.11. The quantitative estimate of drug-likeness (QED) is 0.921. The number of hydrogen-bond acceptors (Lipinski definition) is 2. The number of carbonyl (C=O) groups is 1. The Labute approximate surface area is 143 Å². The van der Waals surface area contributed by atoms with Gasteiger partial charge >= 0.3 is 0 Å². The Kier molecular flexibility index (Phi) is 3.89. The molecule has 2 unspecified atom stereocenters. The molecule has 2 heterocycles. The number of nitrogens with zero attached hydrogens (tertiary/aromatic N) is 1. The number of aryl methyl sites for hydroxylation is 2. The third kappa shape index (κ3) is 2.73. The van der Waals surface area contributed by atoms with Crippen molar-refractivity contribution in [3.8, 4) is 0 Å². The van der Waals surface area contributed by atoms with Gasteiger partial charge in [0.1, 0.15) is 0 Å². The van der Waals surface area contributed by atoms with Crippen molar-refractivity contribution in [1.82, 2.24) is 10.2 Å². The van der Waals surface area contributed by atoms with Gasteiger partial charge in [-0.2, -0.15) is 0 Å². The van der Waals surface area contributed by atoms with Crippen LogP contribution in [0.2, 0.25) is 0 Å². The van der Waals surface area contributed by atoms with Crippen LogP contribution in [-0.2, 0) is 6.54 Å². The predicted molar refractivity (Wildman–Crippen MR) is 96.2 cm³/mol. The first kappa shape index (κ1) is 15.4. The second kappa shape index (κ2) is 6.06. The zero-order chi connectivity index (χ0) is 16.7. The molecular formula is C21H24N2O. The van der Waals surface area contributed by atoms with E-state index in [1.54, 1.807) is 0 Å². The highest BCUT2D eigenvalue weighted by molar-refractivity contribution is 5.96. The molecule has 2 atom stereocenters. The summed E-state index contributed by atoms with van der Waals surface area (Å²) in [6.45, 7) is 8.19. The molecule has 24 heavy (non-hydrogen) atoms. The predicted octanol–water partition coefficient (Wildman–Crippen LogP) is 3.26. The van der Waals surface area contributed by atoms with Gasteiger partial charge in [-0.1, -0.05) is 36.4 Å². The molecule has 3 nitrogen and oxygen atoms in total. The molecule has 1 saturated heterocycles. The summed E-state index contributed by atoms with van der Waals surface area (Å²) in [5.74, 6) is 1.04. The lowest BCUT2D eigenvalue weighted by atomic mass is 9.87. The zero-order valence-electron chi connectivity index (χ0n) is 14.4. The molecule has 2 aliphatic heterocycles. The maximum Gasteiger partial charge on any atom is 0.251 e. The van der Waals surface area contributed by atoms with E-state index >= 15 is 0 Å². The van der Waals surface area contributed by atoms with Crippen LogP contribution in [0.4, 0.5) is 0 Å². The number of fused-ring (bicyclic) bond motifs is 3. The monoisotopic (exact) mass is 320 g/mol. The van der Waals surface area contributed by atoms with E-state index in [1.165, 1.54) is 22.3 Å². The van der Waals surface area contributed by atoms with E-state index in [4.69, 9.17) is 0 Å². The van der Waals surface area contributed by atoms with Crippen molar-refractivity contribution in [3.05, 3.63) is 70.3 Å². The van der Waals surface area contributed by atoms with Crippen molar-refractivity contribution in [2.45, 2.75) is 26.3 Å². The summed E-state index contributed by atoms with van der Waals surface area (Å²) in [6, 6.07) is 14.9. The largest absolute Gasteiger partial charge is 0.352 e. The second-order valence-electron chi connectivity index (χ2n) is 7.28. The molecule has 0 spiro atoms. The van der Waals surface area contributed by atoms with Crippen molar-refractivity contribution >= 4 is 5.91 Å². The molecule has 2 aromatic carbocycles. The van der Waals surface area contributed by atoms with Crippen LogP contribution < -0.4 is 5.32 Å². The number of hydrogen-bond donors (Lipinski definition) is 1. The van der Waals surface area contributed by atoms with Crippen LogP contribution >= 0.6 is 0 Å². The fourth-order valence-electron chi connectivity index (χ4n) is 4.16. The molecule has 0 radical (unpaired) electrons. The number of nitrogens with one attached hydrogen (secondary N) is 1. The van der Waals surface area contributed by atoms with Crippen molar-refractivity contribution < 1.29 is 4.79 Å². The van der Waals surface area contributed by atoms with Crippen molar-refractivity contribution in [3.63, 3.8) is 0 Å². The highest BCUT2D eigenvalue weighted by Gasteiger charge is 2.37. The summed E-state index contributed by atoms with van der Waals surface area (Å²) >= 11 is 0. The Morgan fingerprint density at radius 1 is 1.08 bits per heavy atom. The maximum atomic E-state index is 12.3. The molecule has 3 heteroatoms. The molecule has 0 aliphatic carbocycles. The summed E-state index contributed by atoms with van der Waals surface area (Å²) in [4.78, 5) is 14.8. The highest BCUT2D eigenvalue weighted by atomic mass is 16.1. The van der Waals surface area contributed by atoms with Crippen LogP contribution in [0.25, 0.3) is 0 Å². The topological polar surface area (TPSA) is 32.3 Å². The number of rotatable bonds is 2. The number of amides is 1. The smallest absolute Gasteiger partial charge is 0.251 e. The molecule has 1 N–H and O–H groups in total. The van der Waals surface area contributed by atoms with E-state index in [9.17, 15) is 4.79 Å². The fraction of sp³-hybridized carbons (Fsp3) is 0.381. The molecule has 0 aromatic heterocycles. The first-order valence-corrected chi connectivity index (χ1v) is 8.77. The van der Waals surface area contributed by atoms with Crippen molar-refractivity contribution in [1.29, 1.82) is 0 Å². The summed E-state index contributed by atoms with van der Waals surface area (Å²) in [6.07, 6.45) is 0. The van der Waals surface area contributed by atoms with E-state index in [1.807, 2.05) is 12.1 Å². The average molecular weight is 320 g/mol. The van der Waals surface area contributed by atoms with Gasteiger partial charge in [0.25, 0.3) is 5.91 Å². The average Bonchev–Trinajstić information content (AvgIpc) is 2.93. The van der Waals surface area contributed by atoms with E-state index < -0.39 is 0 Å². The number of likely N-dealkylation sites (tertiary alicyclic amines) is 1.